The van der Waals surface area contributed by atoms with Gasteiger partial charge in [0.15, 0.2) is 0 Å². The predicted octanol–water partition coefficient (Wildman–Crippen LogP) is 3.83. The molecule has 1 aromatic carbocycles. The van der Waals surface area contributed by atoms with Gasteiger partial charge in [-0.1, -0.05) is 31.4 Å². The number of ether oxygens (including phenoxy) is 1. The second kappa shape index (κ2) is 6.65. The zero-order valence-corrected chi connectivity index (χ0v) is 10.7. The molecule has 0 radical (unpaired) electrons. The number of anilines is 1. The molecule has 0 bridgehead atoms. The van der Waals surface area contributed by atoms with Gasteiger partial charge in [0, 0.05) is 19.3 Å². The van der Waals surface area contributed by atoms with E-state index in [-0.39, 0.29) is 0 Å². The van der Waals surface area contributed by atoms with Crippen LogP contribution in [0.25, 0.3) is 0 Å². The Labute approximate surface area is 104 Å². The van der Waals surface area contributed by atoms with Crippen molar-refractivity contribution in [3.63, 3.8) is 0 Å². The summed E-state index contributed by atoms with van der Waals surface area (Å²) in [5.41, 5.74) is 2.46. The molecular formula is C15H23NO. The van der Waals surface area contributed by atoms with Crippen molar-refractivity contribution in [2.45, 2.75) is 38.7 Å². The summed E-state index contributed by atoms with van der Waals surface area (Å²) in [6.45, 7) is 1.81. The molecule has 1 N–H and O–H groups in total. The standard InChI is InChI=1S/C15H23NO/c1-17-12-14-8-5-9-15(10-14)16-11-13-6-3-2-4-7-13/h5,8-10,13,16H,2-4,6-7,11-12H2,1H3. The van der Waals surface area contributed by atoms with E-state index >= 15 is 0 Å². The molecule has 0 spiro atoms. The first-order chi connectivity index (χ1) is 8.38. The maximum Gasteiger partial charge on any atom is 0.0713 e. The number of benzene rings is 1. The Morgan fingerprint density at radius 1 is 1.24 bits per heavy atom. The quantitative estimate of drug-likeness (QED) is 0.834. The molecule has 0 amide bonds. The van der Waals surface area contributed by atoms with Gasteiger partial charge in [-0.05, 0) is 36.5 Å². The minimum atomic E-state index is 0.693. The lowest BCUT2D eigenvalue weighted by molar-refractivity contribution is 0.185. The van der Waals surface area contributed by atoms with Gasteiger partial charge in [0.25, 0.3) is 0 Å². The van der Waals surface area contributed by atoms with Crippen molar-refractivity contribution in [3.8, 4) is 0 Å². The average molecular weight is 233 g/mol. The van der Waals surface area contributed by atoms with Crippen molar-refractivity contribution in [2.24, 2.45) is 5.92 Å². The lowest BCUT2D eigenvalue weighted by Crippen LogP contribution is -2.17. The number of nitrogens with one attached hydrogen (secondary N) is 1. The molecule has 2 nitrogen and oxygen atoms in total. The van der Waals surface area contributed by atoms with Crippen LogP contribution >= 0.6 is 0 Å². The number of methoxy groups -OCH3 is 1. The fourth-order valence-electron chi connectivity index (χ4n) is 2.59. The monoisotopic (exact) mass is 233 g/mol. The van der Waals surface area contributed by atoms with Crippen molar-refractivity contribution >= 4 is 5.69 Å². The highest BCUT2D eigenvalue weighted by molar-refractivity contribution is 5.45. The van der Waals surface area contributed by atoms with Crippen LogP contribution in [-0.4, -0.2) is 13.7 Å². The molecule has 0 atom stereocenters. The van der Waals surface area contributed by atoms with E-state index in [2.05, 4.69) is 29.6 Å². The van der Waals surface area contributed by atoms with E-state index < -0.39 is 0 Å². The fourth-order valence-corrected chi connectivity index (χ4v) is 2.59. The highest BCUT2D eigenvalue weighted by Crippen LogP contribution is 2.24. The summed E-state index contributed by atoms with van der Waals surface area (Å²) < 4.78 is 5.15. The van der Waals surface area contributed by atoms with Crippen LogP contribution in [0.5, 0.6) is 0 Å². The second-order valence-electron chi connectivity index (χ2n) is 5.02. The van der Waals surface area contributed by atoms with Gasteiger partial charge in [-0.25, -0.2) is 0 Å². The van der Waals surface area contributed by atoms with Crippen LogP contribution in [0.2, 0.25) is 0 Å². The summed E-state index contributed by atoms with van der Waals surface area (Å²) in [5.74, 6) is 0.870. The molecule has 94 valence electrons. The van der Waals surface area contributed by atoms with Crippen molar-refractivity contribution in [2.75, 3.05) is 19.0 Å². The second-order valence-corrected chi connectivity index (χ2v) is 5.02. The van der Waals surface area contributed by atoms with Gasteiger partial charge in [0.1, 0.15) is 0 Å². The van der Waals surface area contributed by atoms with Crippen LogP contribution < -0.4 is 5.32 Å². The summed E-state index contributed by atoms with van der Waals surface area (Å²) in [7, 11) is 1.74. The maximum absolute atomic E-state index is 5.15. The molecule has 17 heavy (non-hydrogen) atoms. The summed E-state index contributed by atoms with van der Waals surface area (Å²) >= 11 is 0. The Kier molecular flexibility index (Phi) is 4.87. The van der Waals surface area contributed by atoms with Crippen molar-refractivity contribution < 1.29 is 4.74 Å². The van der Waals surface area contributed by atoms with E-state index in [1.807, 2.05) is 0 Å². The Hall–Kier alpha value is -1.02. The summed E-state index contributed by atoms with van der Waals surface area (Å²) in [6.07, 6.45) is 7.04. The van der Waals surface area contributed by atoms with Gasteiger partial charge in [0.2, 0.25) is 0 Å². The van der Waals surface area contributed by atoms with Gasteiger partial charge in [-0.2, -0.15) is 0 Å². The predicted molar refractivity (Wildman–Crippen MR) is 72.2 cm³/mol. The first kappa shape index (κ1) is 12.4. The van der Waals surface area contributed by atoms with Gasteiger partial charge in [-0.3, -0.25) is 0 Å². The van der Waals surface area contributed by atoms with Gasteiger partial charge in [0.05, 0.1) is 6.61 Å². The molecule has 1 aliphatic rings. The fraction of sp³-hybridized carbons (Fsp3) is 0.600. The first-order valence-electron chi connectivity index (χ1n) is 6.70. The Morgan fingerprint density at radius 2 is 2.06 bits per heavy atom. The molecule has 1 aromatic rings. The van der Waals surface area contributed by atoms with Crippen LogP contribution in [0.15, 0.2) is 24.3 Å². The van der Waals surface area contributed by atoms with E-state index in [1.165, 1.54) is 43.4 Å². The van der Waals surface area contributed by atoms with E-state index in [9.17, 15) is 0 Å². The van der Waals surface area contributed by atoms with Gasteiger partial charge >= 0.3 is 0 Å². The first-order valence-corrected chi connectivity index (χ1v) is 6.70. The smallest absolute Gasteiger partial charge is 0.0713 e. The topological polar surface area (TPSA) is 21.3 Å². The Bertz CT molecular complexity index is 331. The van der Waals surface area contributed by atoms with E-state index in [4.69, 9.17) is 4.74 Å². The lowest BCUT2D eigenvalue weighted by atomic mass is 9.89. The zero-order valence-electron chi connectivity index (χ0n) is 10.7. The zero-order chi connectivity index (χ0) is 11.9. The molecule has 2 rings (SSSR count). The summed E-state index contributed by atoms with van der Waals surface area (Å²) in [6, 6.07) is 8.53. The van der Waals surface area contributed by atoms with Crippen LogP contribution in [0.3, 0.4) is 0 Å². The van der Waals surface area contributed by atoms with Crippen LogP contribution in [0, 0.1) is 5.92 Å². The minimum Gasteiger partial charge on any atom is -0.385 e. The molecule has 1 fully saturated rings. The molecule has 1 aliphatic carbocycles. The van der Waals surface area contributed by atoms with Crippen molar-refractivity contribution in [1.82, 2.24) is 0 Å². The Balaban J connectivity index is 1.83. The van der Waals surface area contributed by atoms with Crippen LogP contribution in [-0.2, 0) is 11.3 Å². The normalized spacial score (nSPS) is 17.0. The molecule has 2 heteroatoms. The van der Waals surface area contributed by atoms with Gasteiger partial charge in [-0.15, -0.1) is 0 Å². The highest BCUT2D eigenvalue weighted by Gasteiger charge is 2.12. The molecular weight excluding hydrogens is 210 g/mol. The Morgan fingerprint density at radius 3 is 2.82 bits per heavy atom. The van der Waals surface area contributed by atoms with Crippen molar-refractivity contribution in [1.29, 1.82) is 0 Å². The van der Waals surface area contributed by atoms with Crippen LogP contribution in [0.4, 0.5) is 5.69 Å². The number of hydrogen-bond donors (Lipinski definition) is 1. The van der Waals surface area contributed by atoms with E-state index in [0.29, 0.717) is 6.61 Å². The van der Waals surface area contributed by atoms with E-state index in [1.54, 1.807) is 7.11 Å². The number of rotatable bonds is 5. The van der Waals surface area contributed by atoms with Crippen molar-refractivity contribution in [3.05, 3.63) is 29.8 Å². The third-order valence-corrected chi connectivity index (χ3v) is 3.56. The largest absolute Gasteiger partial charge is 0.385 e. The molecule has 1 saturated carbocycles. The van der Waals surface area contributed by atoms with Crippen LogP contribution in [0.1, 0.15) is 37.7 Å². The number of hydrogen-bond acceptors (Lipinski definition) is 2. The van der Waals surface area contributed by atoms with E-state index in [0.717, 1.165) is 12.5 Å². The highest BCUT2D eigenvalue weighted by atomic mass is 16.5. The maximum atomic E-state index is 5.15. The third kappa shape index (κ3) is 4.04. The van der Waals surface area contributed by atoms with Gasteiger partial charge < -0.3 is 10.1 Å². The summed E-state index contributed by atoms with van der Waals surface area (Å²) in [5, 5.41) is 3.56. The third-order valence-electron chi connectivity index (χ3n) is 3.56. The summed E-state index contributed by atoms with van der Waals surface area (Å²) in [4.78, 5) is 0. The molecule has 0 aromatic heterocycles. The molecule has 0 heterocycles. The SMILES string of the molecule is COCc1cccc(NCC2CCCCC2)c1. The minimum absolute atomic E-state index is 0.693. The molecule has 0 unspecified atom stereocenters. The average Bonchev–Trinajstić information content (AvgIpc) is 2.39. The molecule has 0 aliphatic heterocycles. The molecule has 0 saturated heterocycles. The lowest BCUT2D eigenvalue weighted by Gasteiger charge is -2.22.